The molecule has 0 amide bonds. The van der Waals surface area contributed by atoms with Crippen molar-refractivity contribution in [2.45, 2.75) is 0 Å². The van der Waals surface area contributed by atoms with Crippen molar-refractivity contribution in [3.8, 4) is 0 Å². The molecule has 1 N–H and O–H groups in total. The molecule has 0 atom stereocenters. The molecule has 1 heterocycles. The zero-order valence-electron chi connectivity index (χ0n) is 10.2. The van der Waals surface area contributed by atoms with Gasteiger partial charge in [-0.3, -0.25) is 4.79 Å². The average molecular weight is 255 g/mol. The Morgan fingerprint density at radius 3 is 2.58 bits per heavy atom. The molecule has 4 heteroatoms. The Balaban J connectivity index is 1.82. The predicted molar refractivity (Wildman–Crippen MR) is 71.6 cm³/mol. The number of rotatable bonds is 5. The summed E-state index contributed by atoms with van der Waals surface area (Å²) >= 11 is 0. The number of aromatic amines is 1. The van der Waals surface area contributed by atoms with Crippen LogP contribution in [0.15, 0.2) is 54.7 Å². The van der Waals surface area contributed by atoms with E-state index in [4.69, 9.17) is 4.74 Å². The number of esters is 1. The van der Waals surface area contributed by atoms with E-state index in [2.05, 4.69) is 4.98 Å². The highest BCUT2D eigenvalue weighted by Gasteiger charge is 2.08. The number of ketones is 1. The van der Waals surface area contributed by atoms with Crippen LogP contribution in [0.2, 0.25) is 0 Å². The Hall–Kier alpha value is -2.62. The Labute approximate surface area is 110 Å². The SMILES string of the molecule is O=C(/C=C/c1ccccc1)OCC(=O)c1ccc[nH]1. The highest BCUT2D eigenvalue weighted by atomic mass is 16.5. The van der Waals surface area contributed by atoms with Gasteiger partial charge in [-0.1, -0.05) is 30.3 Å². The first-order valence-electron chi connectivity index (χ1n) is 5.82. The van der Waals surface area contributed by atoms with E-state index in [1.54, 1.807) is 24.4 Å². The molecule has 0 aliphatic heterocycles. The maximum Gasteiger partial charge on any atom is 0.331 e. The molecule has 2 rings (SSSR count). The van der Waals surface area contributed by atoms with E-state index >= 15 is 0 Å². The van der Waals surface area contributed by atoms with Gasteiger partial charge in [-0.2, -0.15) is 0 Å². The summed E-state index contributed by atoms with van der Waals surface area (Å²) in [4.78, 5) is 25.7. The molecule has 0 spiro atoms. The summed E-state index contributed by atoms with van der Waals surface area (Å²) < 4.78 is 4.85. The molecule has 0 saturated carbocycles. The van der Waals surface area contributed by atoms with Crippen LogP contribution in [0.3, 0.4) is 0 Å². The molecule has 1 aromatic carbocycles. The third-order valence-corrected chi connectivity index (χ3v) is 2.46. The van der Waals surface area contributed by atoms with Crippen LogP contribution in [0.4, 0.5) is 0 Å². The van der Waals surface area contributed by atoms with E-state index in [0.717, 1.165) is 5.56 Å². The molecule has 1 aromatic heterocycles. The molecule has 4 nitrogen and oxygen atoms in total. The summed E-state index contributed by atoms with van der Waals surface area (Å²) in [6.45, 7) is -0.265. The van der Waals surface area contributed by atoms with Gasteiger partial charge in [0.05, 0.1) is 5.69 Å². The van der Waals surface area contributed by atoms with Crippen molar-refractivity contribution in [2.75, 3.05) is 6.61 Å². The minimum atomic E-state index is -0.538. The molecular formula is C15H13NO3. The van der Waals surface area contributed by atoms with Crippen LogP contribution in [0, 0.1) is 0 Å². The summed E-state index contributed by atoms with van der Waals surface area (Å²) in [5.41, 5.74) is 1.33. The van der Waals surface area contributed by atoms with E-state index < -0.39 is 5.97 Å². The molecule has 96 valence electrons. The van der Waals surface area contributed by atoms with Gasteiger partial charge in [-0.15, -0.1) is 0 Å². The first-order chi connectivity index (χ1) is 9.25. The molecule has 0 bridgehead atoms. The molecule has 2 aromatic rings. The predicted octanol–water partition coefficient (Wildman–Crippen LogP) is 2.45. The van der Waals surface area contributed by atoms with Gasteiger partial charge in [-0.25, -0.2) is 4.79 Å². The number of hydrogen-bond donors (Lipinski definition) is 1. The number of H-pyrrole nitrogens is 1. The number of benzene rings is 1. The van der Waals surface area contributed by atoms with Crippen LogP contribution < -0.4 is 0 Å². The lowest BCUT2D eigenvalue weighted by atomic mass is 10.2. The molecular weight excluding hydrogens is 242 g/mol. The van der Waals surface area contributed by atoms with E-state index in [-0.39, 0.29) is 12.4 Å². The highest BCUT2D eigenvalue weighted by Crippen LogP contribution is 2.02. The summed E-state index contributed by atoms with van der Waals surface area (Å²) in [5, 5.41) is 0. The van der Waals surface area contributed by atoms with Crippen molar-refractivity contribution in [2.24, 2.45) is 0 Å². The maximum absolute atomic E-state index is 11.6. The normalized spacial score (nSPS) is 10.5. The van der Waals surface area contributed by atoms with E-state index in [1.165, 1.54) is 6.08 Å². The topological polar surface area (TPSA) is 59.2 Å². The molecule has 0 aliphatic carbocycles. The van der Waals surface area contributed by atoms with E-state index in [9.17, 15) is 9.59 Å². The van der Waals surface area contributed by atoms with Gasteiger partial charge in [0.25, 0.3) is 0 Å². The zero-order valence-corrected chi connectivity index (χ0v) is 10.2. The lowest BCUT2D eigenvalue weighted by Crippen LogP contribution is -2.12. The number of hydrogen-bond acceptors (Lipinski definition) is 3. The fourth-order valence-corrected chi connectivity index (χ4v) is 1.49. The first kappa shape index (κ1) is 12.8. The van der Waals surface area contributed by atoms with Crippen LogP contribution in [-0.4, -0.2) is 23.3 Å². The van der Waals surface area contributed by atoms with Gasteiger partial charge in [0, 0.05) is 12.3 Å². The van der Waals surface area contributed by atoms with Gasteiger partial charge in [0.15, 0.2) is 6.61 Å². The average Bonchev–Trinajstić information content (AvgIpc) is 2.98. The number of nitrogens with one attached hydrogen (secondary N) is 1. The Kier molecular flexibility index (Phi) is 4.29. The Bertz CT molecular complexity index is 571. The number of carbonyl (C=O) groups is 2. The molecule has 19 heavy (non-hydrogen) atoms. The van der Waals surface area contributed by atoms with Crippen LogP contribution >= 0.6 is 0 Å². The molecule has 0 saturated heterocycles. The molecule has 0 radical (unpaired) electrons. The first-order valence-corrected chi connectivity index (χ1v) is 5.82. The van der Waals surface area contributed by atoms with Crippen molar-refractivity contribution >= 4 is 17.8 Å². The van der Waals surface area contributed by atoms with Gasteiger partial charge in [0.2, 0.25) is 5.78 Å². The van der Waals surface area contributed by atoms with Crippen molar-refractivity contribution < 1.29 is 14.3 Å². The minimum absolute atomic E-state index is 0.258. The smallest absolute Gasteiger partial charge is 0.331 e. The zero-order chi connectivity index (χ0) is 13.5. The van der Waals surface area contributed by atoms with E-state index in [0.29, 0.717) is 5.69 Å². The second-order valence-electron chi connectivity index (χ2n) is 3.86. The van der Waals surface area contributed by atoms with Gasteiger partial charge >= 0.3 is 5.97 Å². The van der Waals surface area contributed by atoms with E-state index in [1.807, 2.05) is 30.3 Å². The van der Waals surface area contributed by atoms with Crippen LogP contribution in [0.5, 0.6) is 0 Å². The highest BCUT2D eigenvalue weighted by molar-refractivity contribution is 5.97. The number of ether oxygens (including phenoxy) is 1. The summed E-state index contributed by atoms with van der Waals surface area (Å²) in [6, 6.07) is 12.7. The fraction of sp³-hybridized carbons (Fsp3) is 0.0667. The maximum atomic E-state index is 11.6. The molecule has 0 fully saturated rings. The number of Topliss-reactive ketones (excluding diaryl/α,β-unsaturated/α-hetero) is 1. The van der Waals surface area contributed by atoms with Crippen molar-refractivity contribution in [3.63, 3.8) is 0 Å². The number of carbonyl (C=O) groups excluding carboxylic acids is 2. The van der Waals surface area contributed by atoms with Crippen molar-refractivity contribution in [1.82, 2.24) is 4.98 Å². The van der Waals surface area contributed by atoms with Crippen LogP contribution in [-0.2, 0) is 9.53 Å². The van der Waals surface area contributed by atoms with Crippen molar-refractivity contribution in [1.29, 1.82) is 0 Å². The number of aromatic nitrogens is 1. The van der Waals surface area contributed by atoms with Crippen LogP contribution in [0.1, 0.15) is 16.1 Å². The lowest BCUT2D eigenvalue weighted by Gasteiger charge is -1.99. The third kappa shape index (κ3) is 3.96. The fourth-order valence-electron chi connectivity index (χ4n) is 1.49. The Morgan fingerprint density at radius 1 is 1.11 bits per heavy atom. The van der Waals surface area contributed by atoms with Gasteiger partial charge in [0.1, 0.15) is 0 Å². The third-order valence-electron chi connectivity index (χ3n) is 2.46. The summed E-state index contributed by atoms with van der Waals surface area (Å²) in [5.74, 6) is -0.796. The van der Waals surface area contributed by atoms with Crippen molar-refractivity contribution in [3.05, 3.63) is 66.0 Å². The second-order valence-corrected chi connectivity index (χ2v) is 3.86. The van der Waals surface area contributed by atoms with Gasteiger partial charge in [-0.05, 0) is 23.8 Å². The minimum Gasteiger partial charge on any atom is -0.454 e. The monoisotopic (exact) mass is 255 g/mol. The van der Waals surface area contributed by atoms with Gasteiger partial charge < -0.3 is 9.72 Å². The molecule has 0 aliphatic rings. The summed E-state index contributed by atoms with van der Waals surface area (Å²) in [6.07, 6.45) is 4.59. The summed E-state index contributed by atoms with van der Waals surface area (Å²) in [7, 11) is 0. The second kappa shape index (κ2) is 6.35. The quantitative estimate of drug-likeness (QED) is 0.507. The largest absolute Gasteiger partial charge is 0.454 e. The molecule has 0 unspecified atom stereocenters. The van der Waals surface area contributed by atoms with Crippen LogP contribution in [0.25, 0.3) is 6.08 Å². The standard InChI is InChI=1S/C15H13NO3/c17-14(13-7-4-10-16-13)11-19-15(18)9-8-12-5-2-1-3-6-12/h1-10,16H,11H2/b9-8+. The lowest BCUT2D eigenvalue weighted by molar-refractivity contribution is -0.136. The Morgan fingerprint density at radius 2 is 1.89 bits per heavy atom.